The van der Waals surface area contributed by atoms with Crippen LogP contribution in [0.1, 0.15) is 50.0 Å². The Labute approximate surface area is 144 Å². The molecule has 0 unspecified atom stereocenters. The molecular formula is C17H21F2N3O3. The molecule has 0 spiro atoms. The van der Waals surface area contributed by atoms with Crippen LogP contribution in [0.25, 0.3) is 11.3 Å². The highest BCUT2D eigenvalue weighted by Crippen LogP contribution is 2.29. The van der Waals surface area contributed by atoms with Crippen molar-refractivity contribution in [3.63, 3.8) is 0 Å². The van der Waals surface area contributed by atoms with Crippen LogP contribution in [0.5, 0.6) is 5.75 Å². The number of H-pyrrole nitrogens is 1. The van der Waals surface area contributed by atoms with Crippen molar-refractivity contribution in [2.24, 2.45) is 0 Å². The number of halogens is 2. The molecule has 2 aromatic rings. The third-order valence-electron chi connectivity index (χ3n) is 3.54. The van der Waals surface area contributed by atoms with Crippen molar-refractivity contribution >= 4 is 5.97 Å². The maximum Gasteiger partial charge on any atom is 0.361 e. The Bertz CT molecular complexity index is 719. The SMILES string of the molecule is CCCCCCOc1cc(-c2n[nH]nc2C(=O)OCC)cc(F)c1F. The van der Waals surface area contributed by atoms with E-state index in [4.69, 9.17) is 9.47 Å². The Morgan fingerprint density at radius 1 is 1.16 bits per heavy atom. The Hall–Kier alpha value is -2.51. The van der Waals surface area contributed by atoms with Gasteiger partial charge in [-0.1, -0.05) is 26.2 Å². The average molecular weight is 353 g/mol. The molecule has 0 aliphatic carbocycles. The maximum absolute atomic E-state index is 13.9. The van der Waals surface area contributed by atoms with Gasteiger partial charge in [0.2, 0.25) is 5.82 Å². The van der Waals surface area contributed by atoms with Crippen molar-refractivity contribution in [3.05, 3.63) is 29.5 Å². The molecule has 0 amide bonds. The summed E-state index contributed by atoms with van der Waals surface area (Å²) in [5.74, 6) is -3.07. The standard InChI is InChI=1S/C17H21F2N3O3/c1-3-5-6-7-8-25-13-10-11(9-12(18)14(13)19)15-16(21-22-20-15)17(23)24-4-2/h9-10H,3-8H2,1-2H3,(H,20,21,22). The maximum atomic E-state index is 13.9. The zero-order valence-electron chi connectivity index (χ0n) is 14.3. The van der Waals surface area contributed by atoms with Gasteiger partial charge in [0.15, 0.2) is 17.3 Å². The van der Waals surface area contributed by atoms with Crippen molar-refractivity contribution in [1.29, 1.82) is 0 Å². The molecule has 8 heteroatoms. The molecule has 0 radical (unpaired) electrons. The first-order valence-corrected chi connectivity index (χ1v) is 8.28. The second-order valence-electron chi connectivity index (χ2n) is 5.42. The van der Waals surface area contributed by atoms with Crippen molar-refractivity contribution in [3.8, 4) is 17.0 Å². The minimum absolute atomic E-state index is 0.0770. The van der Waals surface area contributed by atoms with Gasteiger partial charge >= 0.3 is 5.97 Å². The number of hydrogen-bond acceptors (Lipinski definition) is 5. The van der Waals surface area contributed by atoms with E-state index in [1.807, 2.05) is 0 Å². The van der Waals surface area contributed by atoms with Gasteiger partial charge in [-0.2, -0.15) is 14.7 Å². The summed E-state index contributed by atoms with van der Waals surface area (Å²) in [5, 5.41) is 9.86. The number of nitrogens with one attached hydrogen (secondary N) is 1. The molecule has 1 heterocycles. The highest BCUT2D eigenvalue weighted by Gasteiger charge is 2.22. The Balaban J connectivity index is 2.22. The molecule has 1 aromatic heterocycles. The van der Waals surface area contributed by atoms with E-state index < -0.39 is 17.6 Å². The summed E-state index contributed by atoms with van der Waals surface area (Å²) >= 11 is 0. The summed E-state index contributed by atoms with van der Waals surface area (Å²) in [6.07, 6.45) is 3.83. The minimum atomic E-state index is -1.08. The summed E-state index contributed by atoms with van der Waals surface area (Å²) in [6, 6.07) is 2.25. The van der Waals surface area contributed by atoms with E-state index in [1.165, 1.54) is 6.07 Å². The number of carbonyl (C=O) groups is 1. The molecule has 0 atom stereocenters. The monoisotopic (exact) mass is 353 g/mol. The van der Waals surface area contributed by atoms with Crippen molar-refractivity contribution < 1.29 is 23.0 Å². The molecule has 0 fully saturated rings. The lowest BCUT2D eigenvalue weighted by atomic mass is 10.1. The van der Waals surface area contributed by atoms with Gasteiger partial charge in [-0.3, -0.25) is 0 Å². The Morgan fingerprint density at radius 2 is 1.96 bits per heavy atom. The number of unbranched alkanes of at least 4 members (excludes halogenated alkanes) is 3. The summed E-state index contributed by atoms with van der Waals surface area (Å²) in [6.45, 7) is 4.18. The zero-order chi connectivity index (χ0) is 18.2. The highest BCUT2D eigenvalue weighted by atomic mass is 19.2. The van der Waals surface area contributed by atoms with Crippen LogP contribution in [-0.2, 0) is 4.74 Å². The van der Waals surface area contributed by atoms with Gasteiger partial charge in [0.25, 0.3) is 0 Å². The van der Waals surface area contributed by atoms with Crippen molar-refractivity contribution in [2.75, 3.05) is 13.2 Å². The van der Waals surface area contributed by atoms with Crippen LogP contribution in [0.4, 0.5) is 8.78 Å². The quantitative estimate of drug-likeness (QED) is 0.547. The molecule has 6 nitrogen and oxygen atoms in total. The molecule has 1 N–H and O–H groups in total. The van der Waals surface area contributed by atoms with Gasteiger partial charge in [0.05, 0.1) is 13.2 Å². The number of nitrogens with zero attached hydrogens (tertiary/aromatic N) is 2. The van der Waals surface area contributed by atoms with Crippen LogP contribution in [0.2, 0.25) is 0 Å². The largest absolute Gasteiger partial charge is 0.490 e. The van der Waals surface area contributed by atoms with Gasteiger partial charge in [-0.15, -0.1) is 5.10 Å². The number of aromatic nitrogens is 3. The van der Waals surface area contributed by atoms with E-state index in [1.54, 1.807) is 6.92 Å². The van der Waals surface area contributed by atoms with E-state index in [-0.39, 0.29) is 35.9 Å². The molecule has 0 bridgehead atoms. The number of aromatic amines is 1. The van der Waals surface area contributed by atoms with E-state index in [0.717, 1.165) is 31.7 Å². The molecule has 0 saturated heterocycles. The Morgan fingerprint density at radius 3 is 2.68 bits per heavy atom. The second kappa shape index (κ2) is 9.10. The normalized spacial score (nSPS) is 10.7. The topological polar surface area (TPSA) is 77.1 Å². The van der Waals surface area contributed by atoms with Crippen LogP contribution in [0.3, 0.4) is 0 Å². The number of rotatable bonds is 9. The molecule has 1 aromatic carbocycles. The molecule has 0 aliphatic heterocycles. The summed E-state index contributed by atoms with van der Waals surface area (Å²) in [4.78, 5) is 11.9. The number of hydrogen-bond donors (Lipinski definition) is 1. The van der Waals surface area contributed by atoms with Crippen LogP contribution in [-0.4, -0.2) is 34.6 Å². The fourth-order valence-electron chi connectivity index (χ4n) is 2.29. The number of benzene rings is 1. The summed E-state index contributed by atoms with van der Waals surface area (Å²) < 4.78 is 38.1. The van der Waals surface area contributed by atoms with Crippen molar-refractivity contribution in [1.82, 2.24) is 15.4 Å². The zero-order valence-corrected chi connectivity index (χ0v) is 14.3. The lowest BCUT2D eigenvalue weighted by Gasteiger charge is -2.10. The van der Waals surface area contributed by atoms with Gasteiger partial charge in [0.1, 0.15) is 5.69 Å². The van der Waals surface area contributed by atoms with Crippen LogP contribution >= 0.6 is 0 Å². The number of carbonyl (C=O) groups excluding carboxylic acids is 1. The minimum Gasteiger partial charge on any atom is -0.490 e. The van der Waals surface area contributed by atoms with Crippen molar-refractivity contribution in [2.45, 2.75) is 39.5 Å². The number of esters is 1. The number of ether oxygens (including phenoxy) is 2. The smallest absolute Gasteiger partial charge is 0.361 e. The first-order valence-electron chi connectivity index (χ1n) is 8.28. The van der Waals surface area contributed by atoms with Crippen LogP contribution < -0.4 is 4.74 Å². The first kappa shape index (κ1) is 18.8. The molecule has 136 valence electrons. The third-order valence-corrected chi connectivity index (χ3v) is 3.54. The van der Waals surface area contributed by atoms with E-state index >= 15 is 0 Å². The molecule has 0 aliphatic rings. The van der Waals surface area contributed by atoms with Crippen LogP contribution in [0.15, 0.2) is 12.1 Å². The van der Waals surface area contributed by atoms with E-state index in [0.29, 0.717) is 0 Å². The summed E-state index contributed by atoms with van der Waals surface area (Å²) in [5.41, 5.74) is 0.161. The van der Waals surface area contributed by atoms with Crippen LogP contribution in [0, 0.1) is 11.6 Å². The lowest BCUT2D eigenvalue weighted by molar-refractivity contribution is 0.0520. The van der Waals surface area contributed by atoms with Gasteiger partial charge < -0.3 is 9.47 Å². The molecule has 2 rings (SSSR count). The molecule has 0 saturated carbocycles. The average Bonchev–Trinajstić information content (AvgIpc) is 3.08. The van der Waals surface area contributed by atoms with Gasteiger partial charge in [-0.05, 0) is 25.5 Å². The fraction of sp³-hybridized carbons (Fsp3) is 0.471. The second-order valence-corrected chi connectivity index (χ2v) is 5.42. The predicted octanol–water partition coefficient (Wildman–Crippen LogP) is 3.89. The fourth-order valence-corrected chi connectivity index (χ4v) is 2.29. The van der Waals surface area contributed by atoms with E-state index in [2.05, 4.69) is 22.3 Å². The molecule has 25 heavy (non-hydrogen) atoms. The lowest BCUT2D eigenvalue weighted by Crippen LogP contribution is -2.07. The predicted molar refractivity (Wildman–Crippen MR) is 87.3 cm³/mol. The first-order chi connectivity index (χ1) is 12.1. The summed E-state index contributed by atoms with van der Waals surface area (Å²) in [7, 11) is 0. The highest BCUT2D eigenvalue weighted by molar-refractivity contribution is 5.94. The van der Waals surface area contributed by atoms with Gasteiger partial charge in [-0.25, -0.2) is 9.18 Å². The molecular weight excluding hydrogens is 332 g/mol. The van der Waals surface area contributed by atoms with E-state index in [9.17, 15) is 13.6 Å². The van der Waals surface area contributed by atoms with Gasteiger partial charge in [0, 0.05) is 5.56 Å². The Kier molecular flexibility index (Phi) is 6.85. The third kappa shape index (κ3) is 4.74.